The normalized spacial score (nSPS) is 17.0. The quantitative estimate of drug-likeness (QED) is 0.542. The molecule has 0 amide bonds. The molecule has 128 valence electrons. The molecule has 24 heavy (non-hydrogen) atoms. The summed E-state index contributed by atoms with van der Waals surface area (Å²) in [5, 5.41) is 0. The molecule has 0 bridgehead atoms. The molecule has 3 rings (SSSR count). The molecule has 3 heteroatoms. The van der Waals surface area contributed by atoms with E-state index in [1.165, 1.54) is 44.1 Å². The van der Waals surface area contributed by atoms with Gasteiger partial charge in [-0.15, -0.1) is 0 Å². The van der Waals surface area contributed by atoms with Gasteiger partial charge in [-0.25, -0.2) is 13.2 Å². The van der Waals surface area contributed by atoms with Crippen molar-refractivity contribution in [1.82, 2.24) is 0 Å². The first kappa shape index (κ1) is 17.1. The van der Waals surface area contributed by atoms with Crippen molar-refractivity contribution < 1.29 is 13.2 Å². The highest BCUT2D eigenvalue weighted by Crippen LogP contribution is 2.43. The van der Waals surface area contributed by atoms with E-state index >= 15 is 0 Å². The Morgan fingerprint density at radius 1 is 0.833 bits per heavy atom. The van der Waals surface area contributed by atoms with Crippen molar-refractivity contribution in [3.63, 3.8) is 0 Å². The molecule has 0 saturated heterocycles. The maximum absolute atomic E-state index is 13.4. The predicted octanol–water partition coefficient (Wildman–Crippen LogP) is 6.77. The largest absolute Gasteiger partial charge is 0.204 e. The highest BCUT2D eigenvalue weighted by molar-refractivity contribution is 5.64. The van der Waals surface area contributed by atoms with Crippen molar-refractivity contribution in [1.29, 1.82) is 0 Å². The van der Waals surface area contributed by atoms with Crippen LogP contribution in [0.2, 0.25) is 0 Å². The fourth-order valence-corrected chi connectivity index (χ4v) is 4.13. The summed E-state index contributed by atoms with van der Waals surface area (Å²) >= 11 is 0. The number of halogens is 3. The minimum atomic E-state index is -1.42. The van der Waals surface area contributed by atoms with Gasteiger partial charge >= 0.3 is 0 Å². The number of hydrogen-bond donors (Lipinski definition) is 0. The summed E-state index contributed by atoms with van der Waals surface area (Å²) in [6.45, 7) is 2.22. The van der Waals surface area contributed by atoms with Crippen LogP contribution < -0.4 is 0 Å². The van der Waals surface area contributed by atoms with Gasteiger partial charge in [-0.05, 0) is 53.5 Å². The zero-order valence-corrected chi connectivity index (χ0v) is 14.0. The van der Waals surface area contributed by atoms with Crippen LogP contribution in [0.25, 0.3) is 11.1 Å². The molecule has 0 N–H and O–H groups in total. The fourth-order valence-electron chi connectivity index (χ4n) is 4.13. The predicted molar refractivity (Wildman–Crippen MR) is 91.4 cm³/mol. The molecule has 1 aliphatic rings. The van der Waals surface area contributed by atoms with E-state index in [-0.39, 0.29) is 5.41 Å². The molecule has 2 aromatic carbocycles. The van der Waals surface area contributed by atoms with E-state index < -0.39 is 17.5 Å². The smallest absolute Gasteiger partial charge is 0.194 e. The van der Waals surface area contributed by atoms with Crippen molar-refractivity contribution in [2.24, 2.45) is 0 Å². The van der Waals surface area contributed by atoms with Crippen LogP contribution in [0.5, 0.6) is 0 Å². The second kappa shape index (κ2) is 7.00. The molecule has 1 aliphatic carbocycles. The zero-order valence-electron chi connectivity index (χ0n) is 14.0. The molecule has 0 radical (unpaired) electrons. The van der Waals surface area contributed by atoms with E-state index in [1.807, 2.05) is 12.1 Å². The van der Waals surface area contributed by atoms with Gasteiger partial charge in [0.05, 0.1) is 0 Å². The molecular formula is C21H23F3. The van der Waals surface area contributed by atoms with Gasteiger partial charge in [0.15, 0.2) is 17.5 Å². The fraction of sp³-hybridized carbons (Fsp3) is 0.429. The number of hydrogen-bond acceptors (Lipinski definition) is 0. The molecule has 2 aromatic rings. The van der Waals surface area contributed by atoms with Crippen LogP contribution in [0.4, 0.5) is 13.2 Å². The van der Waals surface area contributed by atoms with Crippen molar-refractivity contribution in [3.05, 3.63) is 59.4 Å². The monoisotopic (exact) mass is 332 g/mol. The van der Waals surface area contributed by atoms with Crippen molar-refractivity contribution in [3.8, 4) is 11.1 Å². The maximum atomic E-state index is 13.4. The summed E-state index contributed by atoms with van der Waals surface area (Å²) in [5.74, 6) is -3.72. The Hall–Kier alpha value is -1.77. The molecule has 0 spiro atoms. The Morgan fingerprint density at radius 2 is 1.42 bits per heavy atom. The zero-order chi connectivity index (χ0) is 17.2. The molecule has 0 unspecified atom stereocenters. The second-order valence-corrected chi connectivity index (χ2v) is 6.92. The first-order chi connectivity index (χ1) is 11.6. The summed E-state index contributed by atoms with van der Waals surface area (Å²) in [4.78, 5) is 0. The van der Waals surface area contributed by atoms with Crippen LogP contribution in [-0.4, -0.2) is 0 Å². The molecule has 0 heterocycles. The van der Waals surface area contributed by atoms with Gasteiger partial charge in [0.2, 0.25) is 0 Å². The van der Waals surface area contributed by atoms with Gasteiger partial charge in [0.1, 0.15) is 0 Å². The summed E-state index contributed by atoms with van der Waals surface area (Å²) in [5.41, 5.74) is 2.63. The Bertz CT molecular complexity index is 669. The third-order valence-electron chi connectivity index (χ3n) is 5.35. The Labute approximate surface area is 141 Å². The van der Waals surface area contributed by atoms with Gasteiger partial charge < -0.3 is 0 Å². The van der Waals surface area contributed by atoms with Gasteiger partial charge in [0.25, 0.3) is 0 Å². The molecule has 1 saturated carbocycles. The van der Waals surface area contributed by atoms with Gasteiger partial charge in [-0.2, -0.15) is 0 Å². The second-order valence-electron chi connectivity index (χ2n) is 6.92. The average molecular weight is 332 g/mol. The number of benzene rings is 2. The number of rotatable bonds is 4. The van der Waals surface area contributed by atoms with Gasteiger partial charge in [-0.3, -0.25) is 0 Å². The van der Waals surface area contributed by atoms with Gasteiger partial charge in [0, 0.05) is 0 Å². The topological polar surface area (TPSA) is 0 Å². The first-order valence-electron chi connectivity index (χ1n) is 8.81. The van der Waals surface area contributed by atoms with Gasteiger partial charge in [-0.1, -0.05) is 56.9 Å². The average Bonchev–Trinajstić information content (AvgIpc) is 2.60. The van der Waals surface area contributed by atoms with E-state index in [0.717, 1.165) is 18.6 Å². The van der Waals surface area contributed by atoms with Crippen LogP contribution in [0.1, 0.15) is 57.4 Å². The standard InChI is InChI=1S/C21H23F3/c1-2-10-21(11-4-3-5-12-21)17-8-6-15(7-9-17)16-13-18(22)20(24)19(23)14-16/h6-9,13-14H,2-5,10-12H2,1H3. The lowest BCUT2D eigenvalue weighted by molar-refractivity contribution is 0.271. The van der Waals surface area contributed by atoms with Crippen LogP contribution in [-0.2, 0) is 5.41 Å². The minimum absolute atomic E-state index is 0.241. The molecule has 1 fully saturated rings. The maximum Gasteiger partial charge on any atom is 0.194 e. The third kappa shape index (κ3) is 3.22. The molecule has 0 aromatic heterocycles. The van der Waals surface area contributed by atoms with E-state index in [2.05, 4.69) is 19.1 Å². The lowest BCUT2D eigenvalue weighted by Crippen LogP contribution is -2.28. The Kier molecular flexibility index (Phi) is 4.98. The summed E-state index contributed by atoms with van der Waals surface area (Å²) < 4.78 is 40.0. The van der Waals surface area contributed by atoms with Crippen molar-refractivity contribution in [2.45, 2.75) is 57.3 Å². The van der Waals surface area contributed by atoms with Crippen LogP contribution in [0, 0.1) is 17.5 Å². The van der Waals surface area contributed by atoms with Crippen LogP contribution >= 0.6 is 0 Å². The van der Waals surface area contributed by atoms with Crippen molar-refractivity contribution in [2.75, 3.05) is 0 Å². The lowest BCUT2D eigenvalue weighted by atomic mass is 9.67. The SMILES string of the molecule is CCCC1(c2ccc(-c3cc(F)c(F)c(F)c3)cc2)CCCCC1. The highest BCUT2D eigenvalue weighted by Gasteiger charge is 2.32. The molecular weight excluding hydrogens is 309 g/mol. The summed E-state index contributed by atoms with van der Waals surface area (Å²) in [6, 6.07) is 10.1. The van der Waals surface area contributed by atoms with E-state index in [1.54, 1.807) is 0 Å². The molecule has 0 aliphatic heterocycles. The molecule has 0 nitrogen and oxygen atoms in total. The Morgan fingerprint density at radius 3 is 1.96 bits per heavy atom. The van der Waals surface area contributed by atoms with Crippen molar-refractivity contribution >= 4 is 0 Å². The molecule has 0 atom stereocenters. The van der Waals surface area contributed by atoms with E-state index in [4.69, 9.17) is 0 Å². The summed E-state index contributed by atoms with van der Waals surface area (Å²) in [7, 11) is 0. The van der Waals surface area contributed by atoms with E-state index in [9.17, 15) is 13.2 Å². The third-order valence-corrected chi connectivity index (χ3v) is 5.35. The van der Waals surface area contributed by atoms with Crippen LogP contribution in [0.15, 0.2) is 36.4 Å². The van der Waals surface area contributed by atoms with Crippen LogP contribution in [0.3, 0.4) is 0 Å². The Balaban J connectivity index is 1.92. The summed E-state index contributed by atoms with van der Waals surface area (Å²) in [6.07, 6.45) is 8.56. The van der Waals surface area contributed by atoms with E-state index in [0.29, 0.717) is 11.1 Å². The first-order valence-corrected chi connectivity index (χ1v) is 8.81. The lowest BCUT2D eigenvalue weighted by Gasteiger charge is -2.38. The highest BCUT2D eigenvalue weighted by atomic mass is 19.2. The minimum Gasteiger partial charge on any atom is -0.204 e.